The molecule has 0 saturated heterocycles. The van der Waals surface area contributed by atoms with Crippen LogP contribution in [-0.2, 0) is 3.02 Å². The van der Waals surface area contributed by atoms with E-state index in [0.29, 0.717) is 0 Å². The van der Waals surface area contributed by atoms with Gasteiger partial charge in [0.1, 0.15) is 0 Å². The van der Waals surface area contributed by atoms with Gasteiger partial charge >= 0.3 is 62.8 Å². The molecule has 0 aliphatic rings. The Bertz CT molecular complexity index is 65.7. The molecule has 0 aromatic heterocycles. The zero-order valence-electron chi connectivity index (χ0n) is 4.65. The number of rotatable bonds is 0. The molecular weight excluding hydrogens is 323 g/mol. The maximum absolute atomic E-state index is 8.97. The van der Waals surface area contributed by atoms with E-state index in [1.54, 1.807) is 0 Å². The molecule has 0 atom stereocenters. The van der Waals surface area contributed by atoms with E-state index in [2.05, 4.69) is 0 Å². The number of hydrogen-bond acceptors (Lipinski definition) is 1. The SMILES string of the molecule is F.F.F.F.F.F.[NaH].[O]=[Sb]([OH])([OH])[OH]. The fraction of sp³-hybridized carbons (Fsp3) is 0. The van der Waals surface area contributed by atoms with Crippen molar-refractivity contribution in [3.63, 3.8) is 0 Å². The molecule has 4 nitrogen and oxygen atoms in total. The Morgan fingerprint density at radius 1 is 0.667 bits per heavy atom. The Balaban J connectivity index is -0.00000000381. The van der Waals surface area contributed by atoms with Crippen molar-refractivity contribution in [2.75, 3.05) is 0 Å². The molecule has 0 radical (unpaired) electrons. The monoisotopic (exact) mass is 332 g/mol. The van der Waals surface area contributed by atoms with Crippen LogP contribution in [0.1, 0.15) is 0 Å². The van der Waals surface area contributed by atoms with Crippen LogP contribution < -0.4 is 0 Å². The van der Waals surface area contributed by atoms with Crippen molar-refractivity contribution in [1.29, 1.82) is 0 Å². The number of hydrogen-bond donors (Lipinski definition) is 3. The molecule has 12 heteroatoms. The molecule has 0 aromatic rings. The van der Waals surface area contributed by atoms with Crippen molar-refractivity contribution in [2.45, 2.75) is 0 Å². The molecule has 0 heterocycles. The molecule has 0 rings (SSSR count). The van der Waals surface area contributed by atoms with Crippen LogP contribution >= 0.6 is 0 Å². The Kier molecular flexibility index (Phi) is 182. The first-order valence-corrected chi connectivity index (χ1v) is 5.25. The third-order valence-electron chi connectivity index (χ3n) is 0. The summed E-state index contributed by atoms with van der Waals surface area (Å²) >= 11 is -5.35. The molecule has 0 aliphatic heterocycles. The second-order valence-electron chi connectivity index (χ2n) is 0.513. The summed E-state index contributed by atoms with van der Waals surface area (Å²) in [4.78, 5) is 0. The van der Waals surface area contributed by atoms with Gasteiger partial charge in [-0.15, -0.1) is 0 Å². The molecular formula is H10F6NaO4Sb. The predicted molar refractivity (Wildman–Crippen MR) is 35.3 cm³/mol. The number of halogens is 6. The summed E-state index contributed by atoms with van der Waals surface area (Å²) in [6.45, 7) is 0. The third kappa shape index (κ3) is 968. The minimum atomic E-state index is -5.35. The summed E-state index contributed by atoms with van der Waals surface area (Å²) in [6, 6.07) is 0. The van der Waals surface area contributed by atoms with E-state index < -0.39 is 20.1 Å². The first kappa shape index (κ1) is 74.0. The quantitative estimate of drug-likeness (QED) is 0.357. The maximum atomic E-state index is 8.97. The van der Waals surface area contributed by atoms with Gasteiger partial charge in [-0.05, 0) is 0 Å². The van der Waals surface area contributed by atoms with Gasteiger partial charge in [-0.3, -0.25) is 28.2 Å². The fourth-order valence-corrected chi connectivity index (χ4v) is 0. The summed E-state index contributed by atoms with van der Waals surface area (Å²) in [5.41, 5.74) is 0. The van der Waals surface area contributed by atoms with Crippen LogP contribution in [0.4, 0.5) is 28.2 Å². The van der Waals surface area contributed by atoms with Gasteiger partial charge in [-0.1, -0.05) is 0 Å². The topological polar surface area (TPSA) is 77.8 Å². The van der Waals surface area contributed by atoms with Crippen LogP contribution in [0.3, 0.4) is 0 Å². The van der Waals surface area contributed by atoms with Gasteiger partial charge in [0.25, 0.3) is 0 Å². The van der Waals surface area contributed by atoms with Gasteiger partial charge < -0.3 is 0 Å². The Morgan fingerprint density at radius 2 is 0.667 bits per heavy atom. The molecule has 0 spiro atoms. The van der Waals surface area contributed by atoms with Gasteiger partial charge in [0.2, 0.25) is 0 Å². The zero-order valence-corrected chi connectivity index (χ0v) is 7.20. The molecule has 0 amide bonds. The third-order valence-corrected chi connectivity index (χ3v) is 0. The minimum absolute atomic E-state index is 0. The molecule has 0 fully saturated rings. The summed E-state index contributed by atoms with van der Waals surface area (Å²) < 4.78 is 30.8. The van der Waals surface area contributed by atoms with Gasteiger partial charge in [0.05, 0.1) is 0 Å². The van der Waals surface area contributed by atoms with E-state index in [1.165, 1.54) is 0 Å². The fourth-order valence-electron chi connectivity index (χ4n) is 0. The van der Waals surface area contributed by atoms with Crippen molar-refractivity contribution in [2.24, 2.45) is 0 Å². The molecule has 12 heavy (non-hydrogen) atoms. The average Bonchev–Trinajstić information content (AvgIpc) is 0.722. The molecule has 3 N–H and O–H groups in total. The average molecular weight is 333 g/mol. The first-order valence-electron chi connectivity index (χ1n) is 0.783. The van der Waals surface area contributed by atoms with E-state index in [0.717, 1.165) is 0 Å². The molecule has 0 saturated carbocycles. The normalized spacial score (nSPS) is 4.92. The second-order valence-corrected chi connectivity index (χ2v) is 3.44. The van der Waals surface area contributed by atoms with Crippen molar-refractivity contribution in [3.8, 4) is 0 Å². The van der Waals surface area contributed by atoms with Crippen molar-refractivity contribution in [1.82, 2.24) is 0 Å². The van der Waals surface area contributed by atoms with Crippen LogP contribution in [0.5, 0.6) is 0 Å². The van der Waals surface area contributed by atoms with Crippen LogP contribution in [0.15, 0.2) is 0 Å². The molecule has 0 bridgehead atoms. The predicted octanol–water partition coefficient (Wildman–Crippen LogP) is -1.90. The Labute approximate surface area is 90.5 Å². The van der Waals surface area contributed by atoms with Crippen molar-refractivity contribution in [3.05, 3.63) is 0 Å². The van der Waals surface area contributed by atoms with Crippen LogP contribution in [0.2, 0.25) is 0 Å². The van der Waals surface area contributed by atoms with E-state index in [4.69, 9.17) is 13.2 Å². The molecule has 0 aromatic carbocycles. The standard InChI is InChI=1S/6FH.Na.3H2O.O.Sb.H/h6*1H;;3*1H2;;;/q;;;;;;;;;;;+3;/p-3. The van der Waals surface area contributed by atoms with Gasteiger partial charge in [0, 0.05) is 0 Å². The van der Waals surface area contributed by atoms with E-state index in [9.17, 15) is 0 Å². The van der Waals surface area contributed by atoms with Gasteiger partial charge in [0.15, 0.2) is 0 Å². The van der Waals surface area contributed by atoms with Crippen molar-refractivity contribution >= 4 is 49.6 Å². The van der Waals surface area contributed by atoms with Gasteiger partial charge in [-0.25, -0.2) is 0 Å². The van der Waals surface area contributed by atoms with Crippen LogP contribution in [0, 0.1) is 0 Å². The summed E-state index contributed by atoms with van der Waals surface area (Å²) in [5.74, 6) is 0. The van der Waals surface area contributed by atoms with Gasteiger partial charge in [-0.2, -0.15) is 0 Å². The van der Waals surface area contributed by atoms with Crippen molar-refractivity contribution < 1.29 is 41.4 Å². The Morgan fingerprint density at radius 3 is 0.667 bits per heavy atom. The van der Waals surface area contributed by atoms with E-state index >= 15 is 0 Å². The Hall–Kier alpha value is 1.08. The van der Waals surface area contributed by atoms with Crippen LogP contribution in [-0.4, -0.2) is 59.8 Å². The molecule has 0 unspecified atom stereocenters. The summed E-state index contributed by atoms with van der Waals surface area (Å²) in [7, 11) is 0. The summed E-state index contributed by atoms with van der Waals surface area (Å²) in [6.07, 6.45) is 0. The zero-order chi connectivity index (χ0) is 4.50. The van der Waals surface area contributed by atoms with E-state index in [1.807, 2.05) is 0 Å². The molecule has 0 aliphatic carbocycles. The molecule has 82 valence electrons. The first-order chi connectivity index (χ1) is 2.00. The second kappa shape index (κ2) is 29.6. The summed E-state index contributed by atoms with van der Waals surface area (Å²) in [5, 5.41) is 0. The van der Waals surface area contributed by atoms with E-state index in [-0.39, 0.29) is 57.8 Å². The van der Waals surface area contributed by atoms with Crippen LogP contribution in [0.25, 0.3) is 0 Å².